The zero-order valence-corrected chi connectivity index (χ0v) is 40.0. The van der Waals surface area contributed by atoms with Crippen LogP contribution in [0.3, 0.4) is 0 Å². The summed E-state index contributed by atoms with van der Waals surface area (Å²) in [6.07, 6.45) is 0. The molecule has 14 rings (SSSR count). The second kappa shape index (κ2) is 17.4. The zero-order chi connectivity index (χ0) is 48.3. The van der Waals surface area contributed by atoms with Crippen LogP contribution >= 0.6 is 0 Å². The van der Waals surface area contributed by atoms with Crippen molar-refractivity contribution in [1.82, 2.24) is 0 Å². The molecule has 13 aromatic rings. The molecule has 0 spiro atoms. The average molecular weight is 930 g/mol. The minimum atomic E-state index is -0.489. The van der Waals surface area contributed by atoms with E-state index in [0.717, 1.165) is 55.7 Å². The zero-order valence-electron chi connectivity index (χ0n) is 40.0. The Labute approximate surface area is 425 Å². The van der Waals surface area contributed by atoms with E-state index in [-0.39, 0.29) is 0 Å². The maximum Gasteiger partial charge on any atom is 0.143 e. The molecule has 1 heterocycles. The van der Waals surface area contributed by atoms with Crippen molar-refractivity contribution in [3.63, 3.8) is 0 Å². The van der Waals surface area contributed by atoms with Gasteiger partial charge in [0.25, 0.3) is 0 Å². The van der Waals surface area contributed by atoms with Crippen LogP contribution in [0, 0.1) is 0 Å². The van der Waals surface area contributed by atoms with Crippen molar-refractivity contribution in [2.75, 3.05) is 4.90 Å². The Kier molecular flexibility index (Phi) is 10.1. The minimum Gasteiger partial charge on any atom is -0.455 e. The van der Waals surface area contributed by atoms with Gasteiger partial charge in [-0.3, -0.25) is 0 Å². The van der Waals surface area contributed by atoms with Crippen LogP contribution in [0.2, 0.25) is 0 Å². The molecule has 342 valence electrons. The molecule has 0 fully saturated rings. The van der Waals surface area contributed by atoms with Crippen LogP contribution in [-0.4, -0.2) is 0 Å². The fourth-order valence-electron chi connectivity index (χ4n) is 12.0. The molecule has 1 aliphatic carbocycles. The number of benzene rings is 12. The quantitative estimate of drug-likeness (QED) is 0.143. The van der Waals surface area contributed by atoms with Crippen LogP contribution in [0.1, 0.15) is 22.3 Å². The Hall–Kier alpha value is -9.50. The smallest absolute Gasteiger partial charge is 0.143 e. The van der Waals surface area contributed by atoms with E-state index in [2.05, 4.69) is 278 Å². The highest BCUT2D eigenvalue weighted by Crippen LogP contribution is 2.58. The highest BCUT2D eigenvalue weighted by atomic mass is 16.3. The second-order valence-corrected chi connectivity index (χ2v) is 19.1. The third kappa shape index (κ3) is 6.87. The third-order valence-electron chi connectivity index (χ3n) is 15.2. The first-order valence-electron chi connectivity index (χ1n) is 25.2. The van der Waals surface area contributed by atoms with Gasteiger partial charge in [0.1, 0.15) is 11.2 Å². The highest BCUT2D eigenvalue weighted by molar-refractivity contribution is 6.10. The van der Waals surface area contributed by atoms with Gasteiger partial charge in [-0.2, -0.15) is 0 Å². The van der Waals surface area contributed by atoms with Crippen LogP contribution in [-0.2, 0) is 5.41 Å². The summed E-state index contributed by atoms with van der Waals surface area (Å²) in [6.45, 7) is 0. The van der Waals surface area contributed by atoms with E-state index >= 15 is 0 Å². The van der Waals surface area contributed by atoms with Crippen molar-refractivity contribution in [2.45, 2.75) is 5.41 Å². The fourth-order valence-corrected chi connectivity index (χ4v) is 12.0. The number of hydrogen-bond donors (Lipinski definition) is 0. The molecule has 0 amide bonds. The lowest BCUT2D eigenvalue weighted by Crippen LogP contribution is -2.28. The van der Waals surface area contributed by atoms with E-state index in [1.165, 1.54) is 72.0 Å². The second-order valence-electron chi connectivity index (χ2n) is 19.1. The first-order chi connectivity index (χ1) is 36.2. The summed E-state index contributed by atoms with van der Waals surface area (Å²) in [4.78, 5) is 2.39. The highest BCUT2D eigenvalue weighted by Gasteiger charge is 2.46. The van der Waals surface area contributed by atoms with Crippen molar-refractivity contribution in [3.05, 3.63) is 307 Å². The molecule has 1 aromatic heterocycles. The Bertz CT molecular complexity index is 4130. The molecule has 0 atom stereocenters. The van der Waals surface area contributed by atoms with E-state index in [1.807, 2.05) is 12.1 Å². The molecule has 1 aliphatic rings. The van der Waals surface area contributed by atoms with Crippen molar-refractivity contribution < 1.29 is 4.42 Å². The number of hydrogen-bond acceptors (Lipinski definition) is 2. The van der Waals surface area contributed by atoms with Gasteiger partial charge >= 0.3 is 0 Å². The number of furan rings is 1. The van der Waals surface area contributed by atoms with Gasteiger partial charge < -0.3 is 9.32 Å². The van der Waals surface area contributed by atoms with Crippen LogP contribution in [0.25, 0.3) is 88.3 Å². The standard InChI is InChI=1S/C71H47NO/c1-4-19-48(20-5-1)57-45-46-58(62-28-11-10-27-61(57)62)49-37-41-54(42-38-49)72(55-43-39-50(40-44-55)60-32-17-33-64-63-29-13-15-36-68(63)73-70(60)64)56-26-16-21-51(47-56)59-31-18-35-67-69(59)65-30-12-14-34-66(65)71(67,52-22-6-2-7-23-52)53-24-8-3-9-25-53/h1-47H. The van der Waals surface area contributed by atoms with Crippen molar-refractivity contribution in [1.29, 1.82) is 0 Å². The summed E-state index contributed by atoms with van der Waals surface area (Å²) in [5, 5.41) is 4.73. The number of anilines is 3. The molecule has 0 saturated carbocycles. The van der Waals surface area contributed by atoms with Gasteiger partial charge in [0.2, 0.25) is 0 Å². The lowest BCUT2D eigenvalue weighted by atomic mass is 9.67. The van der Waals surface area contributed by atoms with Crippen molar-refractivity contribution in [2.24, 2.45) is 0 Å². The topological polar surface area (TPSA) is 16.4 Å². The van der Waals surface area contributed by atoms with Crippen LogP contribution in [0.5, 0.6) is 0 Å². The number of nitrogens with zero attached hydrogens (tertiary/aromatic N) is 1. The monoisotopic (exact) mass is 929 g/mol. The summed E-state index contributed by atoms with van der Waals surface area (Å²) < 4.78 is 6.52. The normalized spacial score (nSPS) is 12.5. The SMILES string of the molecule is c1ccc(-c2ccc(-c3ccc(N(c4ccc(-c5cccc6c5oc5ccccc56)cc4)c4cccc(-c5cccc6c5-c5ccccc5C6(c5ccccc5)c5ccccc5)c4)cc3)c3ccccc23)cc1. The molecular formula is C71H47NO. The van der Waals surface area contributed by atoms with Gasteiger partial charge in [0, 0.05) is 33.4 Å². The van der Waals surface area contributed by atoms with Gasteiger partial charge in [-0.15, -0.1) is 0 Å². The molecule has 0 bridgehead atoms. The summed E-state index contributed by atoms with van der Waals surface area (Å²) >= 11 is 0. The summed E-state index contributed by atoms with van der Waals surface area (Å²) in [7, 11) is 0. The van der Waals surface area contributed by atoms with E-state index in [4.69, 9.17) is 4.42 Å². The van der Waals surface area contributed by atoms with E-state index in [1.54, 1.807) is 0 Å². The van der Waals surface area contributed by atoms with Gasteiger partial charge in [0.05, 0.1) is 5.41 Å². The first kappa shape index (κ1) is 42.4. The van der Waals surface area contributed by atoms with Gasteiger partial charge in [-0.05, 0) is 126 Å². The Morgan fingerprint density at radius 1 is 0.274 bits per heavy atom. The predicted molar refractivity (Wildman–Crippen MR) is 305 cm³/mol. The van der Waals surface area contributed by atoms with Crippen LogP contribution < -0.4 is 4.90 Å². The average Bonchev–Trinajstić information content (AvgIpc) is 4.01. The Morgan fingerprint density at radius 2 is 0.740 bits per heavy atom. The molecular weight excluding hydrogens is 883 g/mol. The maximum absolute atomic E-state index is 6.52. The largest absolute Gasteiger partial charge is 0.455 e. The molecule has 0 radical (unpaired) electrons. The van der Waals surface area contributed by atoms with Crippen molar-refractivity contribution in [3.8, 4) is 55.6 Å². The molecule has 0 unspecified atom stereocenters. The molecule has 0 N–H and O–H groups in total. The van der Waals surface area contributed by atoms with E-state index < -0.39 is 5.41 Å². The summed E-state index contributed by atoms with van der Waals surface area (Å²) in [6, 6.07) is 104. The van der Waals surface area contributed by atoms with Crippen molar-refractivity contribution >= 4 is 49.8 Å². The van der Waals surface area contributed by atoms with Crippen LogP contribution in [0.15, 0.2) is 290 Å². The fraction of sp³-hybridized carbons (Fsp3) is 0.0141. The Morgan fingerprint density at radius 3 is 1.41 bits per heavy atom. The van der Waals surface area contributed by atoms with Crippen LogP contribution in [0.4, 0.5) is 17.1 Å². The summed E-state index contributed by atoms with van der Waals surface area (Å²) in [5.41, 5.74) is 21.5. The predicted octanol–water partition coefficient (Wildman–Crippen LogP) is 19.2. The lowest BCUT2D eigenvalue weighted by Gasteiger charge is -2.34. The van der Waals surface area contributed by atoms with Gasteiger partial charge in [0.15, 0.2) is 0 Å². The third-order valence-corrected chi connectivity index (χ3v) is 15.2. The molecule has 73 heavy (non-hydrogen) atoms. The van der Waals surface area contributed by atoms with Gasteiger partial charge in [-0.25, -0.2) is 0 Å². The molecule has 12 aromatic carbocycles. The van der Waals surface area contributed by atoms with Gasteiger partial charge in [-0.1, -0.05) is 243 Å². The molecule has 0 saturated heterocycles. The molecule has 2 nitrogen and oxygen atoms in total. The summed E-state index contributed by atoms with van der Waals surface area (Å²) in [5.74, 6) is 0. The molecule has 2 heteroatoms. The lowest BCUT2D eigenvalue weighted by molar-refractivity contribution is 0.670. The number of rotatable bonds is 9. The first-order valence-corrected chi connectivity index (χ1v) is 25.2. The maximum atomic E-state index is 6.52. The number of fused-ring (bicyclic) bond motifs is 7. The molecule has 0 aliphatic heterocycles. The van der Waals surface area contributed by atoms with E-state index in [9.17, 15) is 0 Å². The van der Waals surface area contributed by atoms with E-state index in [0.29, 0.717) is 0 Å². The Balaban J connectivity index is 0.917. The number of para-hydroxylation sites is 2. The minimum absolute atomic E-state index is 0.489.